The predicted octanol–water partition coefficient (Wildman–Crippen LogP) is 1.89. The molecule has 0 aromatic heterocycles. The third-order valence-corrected chi connectivity index (χ3v) is 4.75. The Bertz CT molecular complexity index is 288. The molecule has 0 aromatic carbocycles. The molecule has 2 saturated heterocycles. The van der Waals surface area contributed by atoms with Crippen LogP contribution in [-0.2, 0) is 9.47 Å². The molecule has 2 aliphatic heterocycles. The Morgan fingerprint density at radius 1 is 1.20 bits per heavy atom. The molecule has 0 spiro atoms. The van der Waals surface area contributed by atoms with E-state index >= 15 is 0 Å². The lowest BCUT2D eigenvalue weighted by molar-refractivity contribution is -0.0318. The van der Waals surface area contributed by atoms with Crippen molar-refractivity contribution in [2.45, 2.75) is 58.2 Å². The van der Waals surface area contributed by atoms with Gasteiger partial charge >= 0.3 is 0 Å². The van der Waals surface area contributed by atoms with Gasteiger partial charge in [0.2, 0.25) is 0 Å². The molecule has 2 atom stereocenters. The lowest BCUT2D eigenvalue weighted by Crippen LogP contribution is -2.56. The fraction of sp³-hybridized carbons (Fsp3) is 1.00. The second-order valence-electron chi connectivity index (χ2n) is 7.17. The summed E-state index contributed by atoms with van der Waals surface area (Å²) in [5.74, 6) is 0.617. The van der Waals surface area contributed by atoms with Crippen molar-refractivity contribution in [3.8, 4) is 0 Å². The quantitative estimate of drug-likeness (QED) is 0.836. The molecule has 0 saturated carbocycles. The molecule has 1 N–H and O–H groups in total. The molecule has 0 aliphatic carbocycles. The van der Waals surface area contributed by atoms with Crippen molar-refractivity contribution in [1.29, 1.82) is 0 Å². The largest absolute Gasteiger partial charge is 0.379 e. The van der Waals surface area contributed by atoms with Crippen molar-refractivity contribution in [3.63, 3.8) is 0 Å². The van der Waals surface area contributed by atoms with E-state index in [1.54, 1.807) is 0 Å². The third-order valence-electron chi connectivity index (χ3n) is 4.75. The van der Waals surface area contributed by atoms with E-state index in [9.17, 15) is 0 Å². The van der Waals surface area contributed by atoms with Crippen molar-refractivity contribution in [3.05, 3.63) is 0 Å². The van der Waals surface area contributed by atoms with Crippen LogP contribution in [0.3, 0.4) is 0 Å². The summed E-state index contributed by atoms with van der Waals surface area (Å²) in [6.45, 7) is 15.0. The van der Waals surface area contributed by atoms with Gasteiger partial charge in [0.05, 0.1) is 19.3 Å². The normalized spacial score (nSPS) is 29.9. The fourth-order valence-corrected chi connectivity index (χ4v) is 3.15. The topological polar surface area (TPSA) is 33.7 Å². The summed E-state index contributed by atoms with van der Waals surface area (Å²) in [6.07, 6.45) is 2.71. The highest BCUT2D eigenvalue weighted by atomic mass is 16.5. The Morgan fingerprint density at radius 3 is 2.55 bits per heavy atom. The summed E-state index contributed by atoms with van der Waals surface area (Å²) < 4.78 is 11.3. The minimum atomic E-state index is 0.204. The van der Waals surface area contributed by atoms with Crippen molar-refractivity contribution in [2.75, 3.05) is 39.5 Å². The van der Waals surface area contributed by atoms with Gasteiger partial charge in [-0.2, -0.15) is 0 Å². The molecule has 2 aliphatic rings. The van der Waals surface area contributed by atoms with Crippen LogP contribution in [0.15, 0.2) is 0 Å². The van der Waals surface area contributed by atoms with Gasteiger partial charge in [-0.15, -0.1) is 0 Å². The zero-order valence-corrected chi connectivity index (χ0v) is 13.7. The zero-order chi connectivity index (χ0) is 14.6. The van der Waals surface area contributed by atoms with Crippen molar-refractivity contribution < 1.29 is 9.47 Å². The lowest BCUT2D eigenvalue weighted by Gasteiger charge is -2.42. The van der Waals surface area contributed by atoms with Gasteiger partial charge in [0.15, 0.2) is 0 Å². The summed E-state index contributed by atoms with van der Waals surface area (Å²) in [6, 6.07) is 0.608. The lowest BCUT2D eigenvalue weighted by atomic mass is 9.94. The van der Waals surface area contributed by atoms with E-state index in [2.05, 4.69) is 37.9 Å². The van der Waals surface area contributed by atoms with Crippen molar-refractivity contribution in [2.24, 2.45) is 5.92 Å². The van der Waals surface area contributed by atoms with Crippen molar-refractivity contribution in [1.82, 2.24) is 10.2 Å². The van der Waals surface area contributed by atoms with Gasteiger partial charge in [-0.3, -0.25) is 4.90 Å². The van der Waals surface area contributed by atoms with Crippen LogP contribution in [0.1, 0.15) is 40.5 Å². The van der Waals surface area contributed by atoms with E-state index in [0.717, 1.165) is 52.3 Å². The summed E-state index contributed by atoms with van der Waals surface area (Å²) in [5, 5.41) is 3.78. The molecule has 0 radical (unpaired) electrons. The van der Waals surface area contributed by atoms with E-state index in [1.165, 1.54) is 0 Å². The number of hydrogen-bond acceptors (Lipinski definition) is 4. The molecular formula is C16H32N2O2. The average Bonchev–Trinajstić information content (AvgIpc) is 2.46. The van der Waals surface area contributed by atoms with Crippen LogP contribution < -0.4 is 5.32 Å². The fourth-order valence-electron chi connectivity index (χ4n) is 3.15. The van der Waals surface area contributed by atoms with Crippen LogP contribution in [0.2, 0.25) is 0 Å². The number of hydrogen-bond donors (Lipinski definition) is 1. The van der Waals surface area contributed by atoms with E-state index < -0.39 is 0 Å². The molecule has 0 amide bonds. The summed E-state index contributed by atoms with van der Waals surface area (Å²) >= 11 is 0. The van der Waals surface area contributed by atoms with Crippen LogP contribution in [0.25, 0.3) is 0 Å². The van der Waals surface area contributed by atoms with Crippen LogP contribution in [0, 0.1) is 5.92 Å². The zero-order valence-electron chi connectivity index (χ0n) is 13.7. The minimum Gasteiger partial charge on any atom is -0.379 e. The third kappa shape index (κ3) is 4.42. The molecule has 20 heavy (non-hydrogen) atoms. The summed E-state index contributed by atoms with van der Waals surface area (Å²) in [5.41, 5.74) is 0.204. The van der Waals surface area contributed by atoms with Gasteiger partial charge in [0.1, 0.15) is 0 Å². The highest BCUT2D eigenvalue weighted by molar-refractivity contribution is 4.88. The Hall–Kier alpha value is -0.160. The second kappa shape index (κ2) is 7.21. The first-order valence-corrected chi connectivity index (χ1v) is 8.17. The highest BCUT2D eigenvalue weighted by Crippen LogP contribution is 2.21. The Labute approximate surface area is 124 Å². The minimum absolute atomic E-state index is 0.204. The van der Waals surface area contributed by atoms with Crippen LogP contribution in [0.4, 0.5) is 0 Å². The Balaban J connectivity index is 1.78. The molecule has 4 nitrogen and oxygen atoms in total. The Morgan fingerprint density at radius 2 is 1.90 bits per heavy atom. The van der Waals surface area contributed by atoms with Gasteiger partial charge < -0.3 is 14.8 Å². The standard InChI is InChI=1S/C16H32N2O2/c1-13(2)15-11-14(5-8-20-15)17-12-16(3,4)18-6-9-19-10-7-18/h13-15,17H,5-12H2,1-4H3. The van der Waals surface area contributed by atoms with Crippen molar-refractivity contribution >= 4 is 0 Å². The second-order valence-corrected chi connectivity index (χ2v) is 7.17. The number of morpholine rings is 1. The van der Waals surface area contributed by atoms with Crippen LogP contribution in [-0.4, -0.2) is 62.0 Å². The summed E-state index contributed by atoms with van der Waals surface area (Å²) in [4.78, 5) is 2.54. The SMILES string of the molecule is CC(C)C1CC(NCC(C)(C)N2CCOCC2)CCO1. The maximum absolute atomic E-state index is 5.85. The molecule has 2 fully saturated rings. The first-order valence-electron chi connectivity index (χ1n) is 8.17. The molecule has 2 heterocycles. The molecule has 2 rings (SSSR count). The van der Waals surface area contributed by atoms with Gasteiger partial charge in [-0.1, -0.05) is 13.8 Å². The first kappa shape index (κ1) is 16.2. The van der Waals surface area contributed by atoms with Gasteiger partial charge in [-0.25, -0.2) is 0 Å². The number of ether oxygens (including phenoxy) is 2. The van der Waals surface area contributed by atoms with E-state index in [4.69, 9.17) is 9.47 Å². The smallest absolute Gasteiger partial charge is 0.0612 e. The maximum Gasteiger partial charge on any atom is 0.0612 e. The first-order chi connectivity index (χ1) is 9.49. The van der Waals surface area contributed by atoms with Gasteiger partial charge in [0.25, 0.3) is 0 Å². The van der Waals surface area contributed by atoms with Crippen LogP contribution >= 0.6 is 0 Å². The number of rotatable bonds is 5. The monoisotopic (exact) mass is 284 g/mol. The highest BCUT2D eigenvalue weighted by Gasteiger charge is 2.30. The molecule has 0 aromatic rings. The molecule has 0 bridgehead atoms. The van der Waals surface area contributed by atoms with E-state index in [-0.39, 0.29) is 5.54 Å². The predicted molar refractivity (Wildman–Crippen MR) is 82.1 cm³/mol. The average molecular weight is 284 g/mol. The molecule has 118 valence electrons. The number of nitrogens with zero attached hydrogens (tertiary/aromatic N) is 1. The van der Waals surface area contributed by atoms with Crippen LogP contribution in [0.5, 0.6) is 0 Å². The van der Waals surface area contributed by atoms with E-state index in [0.29, 0.717) is 18.1 Å². The van der Waals surface area contributed by atoms with E-state index in [1.807, 2.05) is 0 Å². The summed E-state index contributed by atoms with van der Waals surface area (Å²) in [7, 11) is 0. The molecular weight excluding hydrogens is 252 g/mol. The Kier molecular flexibility index (Phi) is 5.84. The van der Waals surface area contributed by atoms with Gasteiger partial charge in [0, 0.05) is 37.8 Å². The maximum atomic E-state index is 5.85. The molecule has 4 heteroatoms. The molecule has 2 unspecified atom stereocenters. The number of nitrogens with one attached hydrogen (secondary N) is 1. The van der Waals surface area contributed by atoms with Gasteiger partial charge in [-0.05, 0) is 32.6 Å².